The van der Waals surface area contributed by atoms with E-state index in [0.717, 1.165) is 0 Å². The Morgan fingerprint density at radius 1 is 1.14 bits per heavy atom. The normalized spacial score (nSPS) is 27.3. The molecule has 1 nitrogen and oxygen atoms in total. The summed E-state index contributed by atoms with van der Waals surface area (Å²) in [5.41, 5.74) is 2.20. The van der Waals surface area contributed by atoms with Gasteiger partial charge in [-0.3, -0.25) is 0 Å². The van der Waals surface area contributed by atoms with E-state index in [4.69, 9.17) is 0 Å². The van der Waals surface area contributed by atoms with Gasteiger partial charge >= 0.3 is 0 Å². The van der Waals surface area contributed by atoms with Crippen molar-refractivity contribution in [2.45, 2.75) is 52.4 Å². The molecule has 0 unspecified atom stereocenters. The highest BCUT2D eigenvalue weighted by Gasteiger charge is 2.24. The molecule has 0 spiro atoms. The second-order valence-corrected chi connectivity index (χ2v) is 5.61. The van der Waals surface area contributed by atoms with Crippen molar-refractivity contribution in [3.8, 4) is 0 Å². The maximum atomic E-state index is 2.62. The minimum atomic E-state index is 0.555. The van der Waals surface area contributed by atoms with Gasteiger partial charge in [-0.2, -0.15) is 0 Å². The van der Waals surface area contributed by atoms with Crippen LogP contribution in [0.25, 0.3) is 0 Å². The molecule has 80 valence electrons. The summed E-state index contributed by atoms with van der Waals surface area (Å²) in [4.78, 5) is 2.62. The molecule has 1 fully saturated rings. The second-order valence-electron chi connectivity index (χ2n) is 5.61. The van der Waals surface area contributed by atoms with Crippen LogP contribution in [0.4, 0.5) is 0 Å². The number of likely N-dealkylation sites (tertiary alicyclic amines) is 1. The van der Waals surface area contributed by atoms with Crippen LogP contribution >= 0.6 is 0 Å². The molecular formula is C13H23N. The molecule has 0 bridgehead atoms. The Morgan fingerprint density at radius 3 is 2.43 bits per heavy atom. The van der Waals surface area contributed by atoms with Crippen molar-refractivity contribution in [1.82, 2.24) is 4.90 Å². The Bertz CT molecular complexity index is 221. The van der Waals surface area contributed by atoms with Crippen molar-refractivity contribution < 1.29 is 0 Å². The van der Waals surface area contributed by atoms with E-state index in [1.807, 2.05) is 0 Å². The third-order valence-electron chi connectivity index (χ3n) is 3.71. The Labute approximate surface area is 88.2 Å². The van der Waals surface area contributed by atoms with Crippen molar-refractivity contribution in [3.63, 3.8) is 0 Å². The topological polar surface area (TPSA) is 3.24 Å². The van der Waals surface area contributed by atoms with Crippen molar-refractivity contribution in [2.24, 2.45) is 5.41 Å². The third kappa shape index (κ3) is 2.31. The molecule has 0 aromatic heterocycles. The number of hydrogen-bond acceptors (Lipinski definition) is 1. The van der Waals surface area contributed by atoms with Crippen molar-refractivity contribution >= 4 is 0 Å². The van der Waals surface area contributed by atoms with Crippen LogP contribution < -0.4 is 0 Å². The van der Waals surface area contributed by atoms with Crippen molar-refractivity contribution in [3.05, 3.63) is 11.8 Å². The standard InChI is InChI=1S/C13H23N/c1-13(2)8-6-12(7-9-13)14-10-4-3-5-11-14/h6H,3-5,7-11H2,1-2H3. The summed E-state index contributed by atoms with van der Waals surface area (Å²) >= 11 is 0. The number of rotatable bonds is 1. The Morgan fingerprint density at radius 2 is 1.86 bits per heavy atom. The molecule has 1 aliphatic heterocycles. The zero-order valence-electron chi connectivity index (χ0n) is 9.68. The summed E-state index contributed by atoms with van der Waals surface area (Å²) in [5.74, 6) is 0. The number of nitrogens with zero attached hydrogens (tertiary/aromatic N) is 1. The van der Waals surface area contributed by atoms with Gasteiger partial charge in [-0.25, -0.2) is 0 Å². The van der Waals surface area contributed by atoms with E-state index in [-0.39, 0.29) is 0 Å². The van der Waals surface area contributed by atoms with Crippen LogP contribution in [0.2, 0.25) is 0 Å². The molecule has 0 aromatic carbocycles. The molecular weight excluding hydrogens is 170 g/mol. The predicted octanol–water partition coefficient (Wildman–Crippen LogP) is 3.57. The summed E-state index contributed by atoms with van der Waals surface area (Å²) in [6.45, 7) is 7.39. The van der Waals surface area contributed by atoms with Crippen LogP contribution in [0.15, 0.2) is 11.8 Å². The number of hydrogen-bond donors (Lipinski definition) is 0. The summed E-state index contributed by atoms with van der Waals surface area (Å²) in [7, 11) is 0. The van der Waals surface area contributed by atoms with Crippen LogP contribution in [0.1, 0.15) is 52.4 Å². The Balaban J connectivity index is 1.95. The number of piperidine rings is 1. The summed E-state index contributed by atoms with van der Waals surface area (Å²) in [6, 6.07) is 0. The number of allylic oxidation sites excluding steroid dienone is 2. The summed E-state index contributed by atoms with van der Waals surface area (Å²) in [5, 5.41) is 0. The van der Waals surface area contributed by atoms with Gasteiger partial charge in [0.1, 0.15) is 0 Å². The molecule has 0 saturated carbocycles. The van der Waals surface area contributed by atoms with Crippen LogP contribution in [0.5, 0.6) is 0 Å². The van der Waals surface area contributed by atoms with Crippen LogP contribution in [0.3, 0.4) is 0 Å². The van der Waals surface area contributed by atoms with E-state index in [9.17, 15) is 0 Å². The fourth-order valence-electron chi connectivity index (χ4n) is 2.53. The van der Waals surface area contributed by atoms with E-state index in [2.05, 4.69) is 24.8 Å². The zero-order valence-corrected chi connectivity index (χ0v) is 9.68. The monoisotopic (exact) mass is 193 g/mol. The van der Waals surface area contributed by atoms with Gasteiger partial charge in [-0.05, 0) is 43.9 Å². The van der Waals surface area contributed by atoms with Crippen LogP contribution in [0, 0.1) is 5.41 Å². The summed E-state index contributed by atoms with van der Waals surface area (Å²) in [6.07, 6.45) is 10.7. The van der Waals surface area contributed by atoms with E-state index in [0.29, 0.717) is 5.41 Å². The van der Waals surface area contributed by atoms with Gasteiger partial charge in [0.2, 0.25) is 0 Å². The minimum absolute atomic E-state index is 0.555. The molecule has 1 saturated heterocycles. The minimum Gasteiger partial charge on any atom is -0.375 e. The summed E-state index contributed by atoms with van der Waals surface area (Å²) < 4.78 is 0. The highest BCUT2D eigenvalue weighted by molar-refractivity contribution is 5.08. The molecule has 1 heterocycles. The molecule has 1 heteroatoms. The van der Waals surface area contributed by atoms with Crippen LogP contribution in [-0.4, -0.2) is 18.0 Å². The average Bonchev–Trinajstić information content (AvgIpc) is 2.19. The SMILES string of the molecule is CC1(C)CC=C(N2CCCCC2)CC1. The smallest absolute Gasteiger partial charge is 0.0174 e. The van der Waals surface area contributed by atoms with E-state index >= 15 is 0 Å². The van der Waals surface area contributed by atoms with Crippen molar-refractivity contribution in [1.29, 1.82) is 0 Å². The molecule has 2 aliphatic rings. The molecule has 0 amide bonds. The first kappa shape index (κ1) is 10.1. The first-order chi connectivity index (χ1) is 6.67. The van der Waals surface area contributed by atoms with E-state index in [1.165, 1.54) is 51.6 Å². The fraction of sp³-hybridized carbons (Fsp3) is 0.846. The zero-order chi connectivity index (χ0) is 10.0. The van der Waals surface area contributed by atoms with E-state index in [1.54, 1.807) is 5.70 Å². The second kappa shape index (κ2) is 3.96. The van der Waals surface area contributed by atoms with Crippen LogP contribution in [-0.2, 0) is 0 Å². The average molecular weight is 193 g/mol. The third-order valence-corrected chi connectivity index (χ3v) is 3.71. The molecule has 0 N–H and O–H groups in total. The largest absolute Gasteiger partial charge is 0.375 e. The highest BCUT2D eigenvalue weighted by atomic mass is 15.1. The van der Waals surface area contributed by atoms with Gasteiger partial charge in [-0.1, -0.05) is 19.9 Å². The quantitative estimate of drug-likeness (QED) is 0.615. The van der Waals surface area contributed by atoms with E-state index < -0.39 is 0 Å². The molecule has 1 aliphatic carbocycles. The predicted molar refractivity (Wildman–Crippen MR) is 61.1 cm³/mol. The lowest BCUT2D eigenvalue weighted by atomic mass is 9.79. The molecule has 0 atom stereocenters. The van der Waals surface area contributed by atoms with Gasteiger partial charge in [-0.15, -0.1) is 0 Å². The lowest BCUT2D eigenvalue weighted by molar-refractivity contribution is 0.239. The lowest BCUT2D eigenvalue weighted by Gasteiger charge is -2.36. The van der Waals surface area contributed by atoms with Gasteiger partial charge < -0.3 is 4.90 Å². The first-order valence-electron chi connectivity index (χ1n) is 6.11. The van der Waals surface area contributed by atoms with Gasteiger partial charge in [0, 0.05) is 18.8 Å². The fourth-order valence-corrected chi connectivity index (χ4v) is 2.53. The molecule has 14 heavy (non-hydrogen) atoms. The van der Waals surface area contributed by atoms with Gasteiger partial charge in [0.15, 0.2) is 0 Å². The Hall–Kier alpha value is -0.460. The lowest BCUT2D eigenvalue weighted by Crippen LogP contribution is -2.31. The molecule has 0 aromatic rings. The van der Waals surface area contributed by atoms with Gasteiger partial charge in [0.25, 0.3) is 0 Å². The van der Waals surface area contributed by atoms with Gasteiger partial charge in [0.05, 0.1) is 0 Å². The first-order valence-corrected chi connectivity index (χ1v) is 6.11. The maximum Gasteiger partial charge on any atom is 0.0174 e. The molecule has 2 rings (SSSR count). The molecule has 0 radical (unpaired) electrons. The van der Waals surface area contributed by atoms with Crippen molar-refractivity contribution in [2.75, 3.05) is 13.1 Å². The maximum absolute atomic E-state index is 2.62. The highest BCUT2D eigenvalue weighted by Crippen LogP contribution is 2.35. The Kier molecular flexibility index (Phi) is 2.85.